The summed E-state index contributed by atoms with van der Waals surface area (Å²) in [6.45, 7) is 6.11. The lowest BCUT2D eigenvalue weighted by atomic mass is 9.96. The monoisotopic (exact) mass is 684 g/mol. The lowest BCUT2D eigenvalue weighted by Gasteiger charge is -2.18. The number of nitriles is 1. The van der Waals surface area contributed by atoms with E-state index in [1.54, 1.807) is 24.4 Å². The van der Waals surface area contributed by atoms with Crippen LogP contribution in [-0.4, -0.2) is 52.9 Å². The number of amides is 1. The fourth-order valence-corrected chi connectivity index (χ4v) is 5.06. The van der Waals surface area contributed by atoms with E-state index >= 15 is 0 Å². The average Bonchev–Trinajstić information content (AvgIpc) is 3.11. The number of carbonyl (C=O) groups is 2. The quantitative estimate of drug-likeness (QED) is 0.0794. The van der Waals surface area contributed by atoms with Crippen LogP contribution in [0.5, 0.6) is 17.2 Å². The van der Waals surface area contributed by atoms with Crippen molar-refractivity contribution < 1.29 is 34.0 Å². The molecule has 11 nitrogen and oxygen atoms in total. The van der Waals surface area contributed by atoms with Gasteiger partial charge >= 0.3 is 5.97 Å². The molecule has 254 valence electrons. The molecule has 0 aliphatic carbocycles. The van der Waals surface area contributed by atoms with Crippen LogP contribution in [0.25, 0.3) is 11.1 Å². The molecule has 1 atom stereocenters. The van der Waals surface area contributed by atoms with Crippen LogP contribution < -0.4 is 24.8 Å². The van der Waals surface area contributed by atoms with Crippen LogP contribution in [0.4, 0.5) is 0 Å². The third-order valence-corrected chi connectivity index (χ3v) is 7.80. The van der Waals surface area contributed by atoms with Crippen molar-refractivity contribution in [2.24, 2.45) is 0 Å². The first-order valence-electron chi connectivity index (χ1n) is 15.4. The van der Waals surface area contributed by atoms with Gasteiger partial charge in [0.15, 0.2) is 0 Å². The molecular weight excluding hydrogens is 648 g/mol. The Balaban J connectivity index is 1.50. The molecule has 0 bridgehead atoms. The Hall–Kier alpha value is -5.41. The van der Waals surface area contributed by atoms with Crippen molar-refractivity contribution in [3.8, 4) is 34.4 Å². The van der Waals surface area contributed by atoms with Gasteiger partial charge in [0.05, 0.1) is 23.8 Å². The Bertz CT molecular complexity index is 1830. The predicted octanol–water partition coefficient (Wildman–Crippen LogP) is 5.35. The number of halogens is 1. The molecule has 4 N–H and O–H groups in total. The van der Waals surface area contributed by atoms with E-state index in [2.05, 4.69) is 22.2 Å². The molecule has 0 spiro atoms. The number of nitrogens with zero attached hydrogens (tertiary/aromatic N) is 2. The number of carbonyl (C=O) groups excluding carboxylic acids is 1. The third-order valence-electron chi connectivity index (χ3n) is 7.50. The van der Waals surface area contributed by atoms with E-state index in [0.29, 0.717) is 53.5 Å². The Morgan fingerprint density at radius 3 is 2.59 bits per heavy atom. The summed E-state index contributed by atoms with van der Waals surface area (Å²) in [7, 11) is 0. The van der Waals surface area contributed by atoms with Gasteiger partial charge in [-0.15, -0.1) is 0 Å². The highest BCUT2D eigenvalue weighted by Crippen LogP contribution is 2.35. The lowest BCUT2D eigenvalue weighted by molar-refractivity contribution is -0.140. The number of benzene rings is 3. The SMILES string of the molecule is C=CC(=O)NCCCOc1cccc(-c2cccc(COc3cc(OCc4cncc(C#N)c4)c(CNC(CO)C(=O)O)cc3Cl)c2C)c1. The molecule has 0 saturated carbocycles. The number of hydrogen-bond acceptors (Lipinski definition) is 9. The molecule has 4 rings (SSSR count). The predicted molar refractivity (Wildman–Crippen MR) is 184 cm³/mol. The van der Waals surface area contributed by atoms with Crippen LogP contribution in [0.2, 0.25) is 5.02 Å². The van der Waals surface area contributed by atoms with Crippen molar-refractivity contribution in [1.82, 2.24) is 15.6 Å². The van der Waals surface area contributed by atoms with Crippen molar-refractivity contribution in [1.29, 1.82) is 5.26 Å². The average molecular weight is 685 g/mol. The molecule has 0 fully saturated rings. The van der Waals surface area contributed by atoms with E-state index in [4.69, 9.17) is 25.8 Å². The number of ether oxygens (including phenoxy) is 3. The van der Waals surface area contributed by atoms with E-state index in [1.807, 2.05) is 55.5 Å². The maximum atomic E-state index is 11.4. The summed E-state index contributed by atoms with van der Waals surface area (Å²) >= 11 is 6.65. The summed E-state index contributed by atoms with van der Waals surface area (Å²) < 4.78 is 18.2. The molecule has 1 heterocycles. The van der Waals surface area contributed by atoms with E-state index in [9.17, 15) is 25.1 Å². The number of carboxylic acids is 1. The molecule has 1 amide bonds. The molecule has 49 heavy (non-hydrogen) atoms. The molecule has 4 aromatic rings. The van der Waals surface area contributed by atoms with E-state index in [0.717, 1.165) is 22.3 Å². The number of nitrogens with one attached hydrogen (secondary N) is 2. The van der Waals surface area contributed by atoms with Gasteiger partial charge in [0, 0.05) is 42.7 Å². The number of rotatable bonds is 18. The van der Waals surface area contributed by atoms with Crippen LogP contribution >= 0.6 is 11.6 Å². The first-order chi connectivity index (χ1) is 23.7. The second-order valence-electron chi connectivity index (χ2n) is 10.9. The summed E-state index contributed by atoms with van der Waals surface area (Å²) in [5.74, 6) is 0.0329. The van der Waals surface area contributed by atoms with E-state index in [-0.39, 0.29) is 30.7 Å². The van der Waals surface area contributed by atoms with Gasteiger partial charge in [-0.25, -0.2) is 0 Å². The zero-order valence-electron chi connectivity index (χ0n) is 26.9. The highest BCUT2D eigenvalue weighted by Gasteiger charge is 2.18. The second-order valence-corrected chi connectivity index (χ2v) is 11.3. The van der Waals surface area contributed by atoms with Gasteiger partial charge in [0.2, 0.25) is 5.91 Å². The Morgan fingerprint density at radius 2 is 1.84 bits per heavy atom. The number of carboxylic acid groups (broad SMARTS) is 1. The number of aliphatic hydroxyl groups is 1. The van der Waals surface area contributed by atoms with Crippen molar-refractivity contribution in [3.05, 3.63) is 119 Å². The standard InChI is InChI=1S/C37H37ClN4O7/c1-3-36(44)41-11-6-12-47-30-9-4-7-27(14-30)31-10-5-8-28(24(31)2)23-49-35-16-34(48-22-26-13-25(17-39)18-40-19-26)29(15-32(35)38)20-42-33(21-43)37(45)46/h3-5,7-10,13-16,18-19,33,42-43H,1,6,11-12,20-23H2,2H3,(H,41,44)(H,45,46). The molecule has 0 saturated heterocycles. The largest absolute Gasteiger partial charge is 0.494 e. The molecule has 1 unspecified atom stereocenters. The van der Waals surface area contributed by atoms with Gasteiger partial charge < -0.3 is 29.7 Å². The number of aliphatic carboxylic acids is 1. The van der Waals surface area contributed by atoms with Crippen LogP contribution in [0, 0.1) is 18.3 Å². The summed E-state index contributed by atoms with van der Waals surface area (Å²) in [4.78, 5) is 26.8. The normalized spacial score (nSPS) is 11.2. The Kier molecular flexibility index (Phi) is 13.5. The summed E-state index contributed by atoms with van der Waals surface area (Å²) in [6.07, 6.45) is 4.92. The Labute approximate surface area is 289 Å². The molecule has 0 aliphatic rings. The molecular formula is C37H37ClN4O7. The summed E-state index contributed by atoms with van der Waals surface area (Å²) in [5.41, 5.74) is 5.51. The minimum atomic E-state index is -1.20. The zero-order valence-corrected chi connectivity index (χ0v) is 27.7. The van der Waals surface area contributed by atoms with Gasteiger partial charge in [0.1, 0.15) is 42.6 Å². The number of pyridine rings is 1. The first kappa shape index (κ1) is 36.4. The minimum absolute atomic E-state index is 0.0408. The van der Waals surface area contributed by atoms with E-state index < -0.39 is 18.6 Å². The highest BCUT2D eigenvalue weighted by molar-refractivity contribution is 6.32. The number of hydrogen-bond donors (Lipinski definition) is 4. The minimum Gasteiger partial charge on any atom is -0.494 e. The summed E-state index contributed by atoms with van der Waals surface area (Å²) in [5, 5.41) is 33.8. The fraction of sp³-hybridized carbons (Fsp3) is 0.243. The van der Waals surface area contributed by atoms with Crippen molar-refractivity contribution in [2.75, 3.05) is 19.8 Å². The maximum Gasteiger partial charge on any atom is 0.323 e. The maximum absolute atomic E-state index is 11.4. The molecule has 12 heteroatoms. The van der Waals surface area contributed by atoms with E-state index in [1.165, 1.54) is 12.3 Å². The van der Waals surface area contributed by atoms with Crippen molar-refractivity contribution in [3.63, 3.8) is 0 Å². The van der Waals surface area contributed by atoms with Crippen LogP contribution in [0.1, 0.15) is 34.2 Å². The van der Waals surface area contributed by atoms with Gasteiger partial charge in [0.25, 0.3) is 0 Å². The molecule has 0 aliphatic heterocycles. The topological polar surface area (TPSA) is 163 Å². The van der Waals surface area contributed by atoms with Gasteiger partial charge in [-0.2, -0.15) is 5.26 Å². The van der Waals surface area contributed by atoms with Crippen LogP contribution in [0.3, 0.4) is 0 Å². The number of aliphatic hydroxyl groups excluding tert-OH is 1. The highest BCUT2D eigenvalue weighted by atomic mass is 35.5. The molecule has 0 radical (unpaired) electrons. The smallest absolute Gasteiger partial charge is 0.323 e. The lowest BCUT2D eigenvalue weighted by Crippen LogP contribution is -2.39. The third kappa shape index (κ3) is 10.5. The fourth-order valence-electron chi connectivity index (χ4n) is 4.82. The van der Waals surface area contributed by atoms with Gasteiger partial charge in [-0.05, 0) is 65.9 Å². The van der Waals surface area contributed by atoms with Crippen molar-refractivity contribution in [2.45, 2.75) is 39.1 Å². The zero-order chi connectivity index (χ0) is 35.2. The molecule has 1 aromatic heterocycles. The number of aromatic nitrogens is 1. The Morgan fingerprint density at radius 1 is 1.04 bits per heavy atom. The summed E-state index contributed by atoms with van der Waals surface area (Å²) in [6, 6.07) is 19.5. The first-order valence-corrected chi connectivity index (χ1v) is 15.8. The van der Waals surface area contributed by atoms with Crippen LogP contribution in [0.15, 0.2) is 85.7 Å². The van der Waals surface area contributed by atoms with Gasteiger partial charge in [-0.1, -0.05) is 48.5 Å². The van der Waals surface area contributed by atoms with Gasteiger partial charge in [-0.3, -0.25) is 19.9 Å². The van der Waals surface area contributed by atoms with Crippen molar-refractivity contribution >= 4 is 23.5 Å². The van der Waals surface area contributed by atoms with Crippen LogP contribution in [-0.2, 0) is 29.3 Å². The second kappa shape index (κ2) is 18.2. The molecule has 3 aromatic carbocycles.